The molecule has 0 aliphatic heterocycles. The summed E-state index contributed by atoms with van der Waals surface area (Å²) < 4.78 is 63.9. The van der Waals surface area contributed by atoms with E-state index in [-0.39, 0.29) is 5.75 Å². The first-order valence-electron chi connectivity index (χ1n) is 4.16. The fraction of sp³-hybridized carbons (Fsp3) is 0.333. The van der Waals surface area contributed by atoms with Crippen LogP contribution in [-0.2, 0) is 9.84 Å². The number of alkyl halides is 3. The minimum Gasteiger partial charge on any atom is -0.495 e. The maximum Gasteiger partial charge on any atom is 0.502 e. The van der Waals surface area contributed by atoms with Gasteiger partial charge >= 0.3 is 5.51 Å². The number of aryl methyl sites for hydroxylation is 1. The van der Waals surface area contributed by atoms with Crippen molar-refractivity contribution in [1.82, 2.24) is 0 Å². The Kier molecular flexibility index (Phi) is 3.18. The molecule has 0 N–H and O–H groups in total. The molecule has 0 unspecified atom stereocenters. The van der Waals surface area contributed by atoms with E-state index in [4.69, 9.17) is 0 Å². The third kappa shape index (κ3) is 2.13. The predicted octanol–water partition coefficient (Wildman–Crippen LogP) is 2.30. The molecular weight excluding hydrogens is 245 g/mol. The van der Waals surface area contributed by atoms with E-state index in [0.717, 1.165) is 13.2 Å². The molecule has 16 heavy (non-hydrogen) atoms. The number of methoxy groups -OCH3 is 1. The van der Waals surface area contributed by atoms with Gasteiger partial charge in [-0.3, -0.25) is 0 Å². The smallest absolute Gasteiger partial charge is 0.495 e. The number of hydrogen-bond acceptors (Lipinski definition) is 3. The maximum atomic E-state index is 12.3. The number of rotatable bonds is 2. The Morgan fingerprint density at radius 3 is 2.25 bits per heavy atom. The van der Waals surface area contributed by atoms with Crippen molar-refractivity contribution in [3.8, 4) is 5.75 Å². The van der Waals surface area contributed by atoms with Crippen LogP contribution in [0.3, 0.4) is 0 Å². The molecule has 1 rings (SSSR count). The van der Waals surface area contributed by atoms with Crippen LogP contribution >= 0.6 is 0 Å². The number of halogens is 3. The maximum absolute atomic E-state index is 12.3. The van der Waals surface area contributed by atoms with Crippen LogP contribution in [0, 0.1) is 6.92 Å². The molecule has 0 amide bonds. The summed E-state index contributed by atoms with van der Waals surface area (Å²) in [5.74, 6) is -0.317. The number of benzene rings is 1. The summed E-state index contributed by atoms with van der Waals surface area (Å²) in [5, 5.41) is 0. The zero-order valence-corrected chi connectivity index (χ0v) is 9.32. The van der Waals surface area contributed by atoms with E-state index in [9.17, 15) is 21.6 Å². The lowest BCUT2D eigenvalue weighted by molar-refractivity contribution is -0.0437. The largest absolute Gasteiger partial charge is 0.502 e. The highest BCUT2D eigenvalue weighted by molar-refractivity contribution is 7.92. The van der Waals surface area contributed by atoms with Gasteiger partial charge in [-0.2, -0.15) is 13.2 Å². The fourth-order valence-corrected chi connectivity index (χ4v) is 2.13. The number of hydrogen-bond donors (Lipinski definition) is 0. The van der Waals surface area contributed by atoms with Crippen molar-refractivity contribution in [3.05, 3.63) is 23.8 Å². The molecule has 0 spiro atoms. The lowest BCUT2D eigenvalue weighted by Crippen LogP contribution is -2.23. The van der Waals surface area contributed by atoms with Gasteiger partial charge in [-0.25, -0.2) is 8.42 Å². The van der Waals surface area contributed by atoms with E-state index in [2.05, 4.69) is 4.74 Å². The first-order valence-corrected chi connectivity index (χ1v) is 5.64. The van der Waals surface area contributed by atoms with E-state index < -0.39 is 20.2 Å². The molecule has 1 aromatic rings. The quantitative estimate of drug-likeness (QED) is 0.813. The topological polar surface area (TPSA) is 43.4 Å². The van der Waals surface area contributed by atoms with Crippen LogP contribution in [0.25, 0.3) is 0 Å². The van der Waals surface area contributed by atoms with E-state index in [1.165, 1.54) is 19.1 Å². The van der Waals surface area contributed by atoms with Crippen molar-refractivity contribution >= 4 is 9.84 Å². The van der Waals surface area contributed by atoms with Crippen molar-refractivity contribution in [2.24, 2.45) is 0 Å². The molecule has 0 aliphatic rings. The summed E-state index contributed by atoms with van der Waals surface area (Å²) in [7, 11) is -4.26. The molecule has 0 saturated carbocycles. The van der Waals surface area contributed by atoms with E-state index >= 15 is 0 Å². The standard InChI is InChI=1S/C9H9F3O3S/c1-6-3-4-7(15-2)8(5-6)16(13,14)9(10,11)12/h3-5H,1-2H3. The first kappa shape index (κ1) is 12.8. The van der Waals surface area contributed by atoms with E-state index in [1.54, 1.807) is 0 Å². The molecule has 0 radical (unpaired) electrons. The summed E-state index contributed by atoms with van der Waals surface area (Å²) in [6, 6.07) is 3.59. The molecule has 1 aromatic carbocycles. The minimum absolute atomic E-state index is 0.317. The molecule has 0 fully saturated rings. The molecule has 3 nitrogen and oxygen atoms in total. The third-order valence-electron chi connectivity index (χ3n) is 1.91. The highest BCUT2D eigenvalue weighted by Gasteiger charge is 2.48. The predicted molar refractivity (Wildman–Crippen MR) is 51.0 cm³/mol. The lowest BCUT2D eigenvalue weighted by atomic mass is 10.2. The van der Waals surface area contributed by atoms with Gasteiger partial charge < -0.3 is 4.74 Å². The van der Waals surface area contributed by atoms with Crippen LogP contribution in [0.4, 0.5) is 13.2 Å². The van der Waals surface area contributed by atoms with Gasteiger partial charge in [0.1, 0.15) is 10.6 Å². The van der Waals surface area contributed by atoms with Gasteiger partial charge in [0.25, 0.3) is 9.84 Å². The van der Waals surface area contributed by atoms with E-state index in [0.29, 0.717) is 5.56 Å². The Bertz CT molecular complexity index is 491. The van der Waals surface area contributed by atoms with Gasteiger partial charge in [-0.05, 0) is 24.6 Å². The van der Waals surface area contributed by atoms with Gasteiger partial charge in [0.05, 0.1) is 7.11 Å². The molecule has 7 heteroatoms. The van der Waals surface area contributed by atoms with Gasteiger partial charge in [-0.1, -0.05) is 6.07 Å². The summed E-state index contributed by atoms with van der Waals surface area (Å²) in [4.78, 5) is -0.859. The van der Waals surface area contributed by atoms with Gasteiger partial charge in [-0.15, -0.1) is 0 Å². The van der Waals surface area contributed by atoms with Crippen molar-refractivity contribution < 1.29 is 26.3 Å². The van der Waals surface area contributed by atoms with Crippen LogP contribution in [0.5, 0.6) is 5.75 Å². The second kappa shape index (κ2) is 3.97. The lowest BCUT2D eigenvalue weighted by Gasteiger charge is -2.12. The number of ether oxygens (including phenoxy) is 1. The Labute approximate surface area is 90.8 Å². The van der Waals surface area contributed by atoms with Crippen LogP contribution < -0.4 is 4.74 Å². The van der Waals surface area contributed by atoms with Crippen LogP contribution in [0.15, 0.2) is 23.1 Å². The first-order chi connectivity index (χ1) is 7.20. The highest BCUT2D eigenvalue weighted by atomic mass is 32.2. The Balaban J connectivity index is 3.50. The second-order valence-corrected chi connectivity index (χ2v) is 5.01. The monoisotopic (exact) mass is 254 g/mol. The summed E-state index contributed by atoms with van der Waals surface area (Å²) in [6.07, 6.45) is 0. The zero-order valence-electron chi connectivity index (χ0n) is 8.50. The molecule has 90 valence electrons. The van der Waals surface area contributed by atoms with Gasteiger partial charge in [0, 0.05) is 0 Å². The average Bonchev–Trinajstić information content (AvgIpc) is 2.16. The van der Waals surface area contributed by atoms with Crippen LogP contribution in [0.2, 0.25) is 0 Å². The third-order valence-corrected chi connectivity index (χ3v) is 3.42. The SMILES string of the molecule is COc1ccc(C)cc1S(=O)(=O)C(F)(F)F. The molecule has 0 aromatic heterocycles. The van der Waals surface area contributed by atoms with Crippen molar-refractivity contribution in [3.63, 3.8) is 0 Å². The summed E-state index contributed by atoms with van der Waals surface area (Å²) in [5.41, 5.74) is -4.92. The second-order valence-electron chi connectivity index (χ2n) is 3.10. The molecule has 0 atom stereocenters. The summed E-state index contributed by atoms with van der Waals surface area (Å²) in [6.45, 7) is 1.49. The van der Waals surface area contributed by atoms with Crippen molar-refractivity contribution in [2.45, 2.75) is 17.3 Å². The molecule has 0 aliphatic carbocycles. The Morgan fingerprint density at radius 1 is 1.25 bits per heavy atom. The average molecular weight is 254 g/mol. The number of sulfone groups is 1. The summed E-state index contributed by atoms with van der Waals surface area (Å²) >= 11 is 0. The Hall–Kier alpha value is -1.24. The van der Waals surface area contributed by atoms with E-state index in [1.807, 2.05) is 0 Å². The van der Waals surface area contributed by atoms with Gasteiger partial charge in [0.15, 0.2) is 0 Å². The van der Waals surface area contributed by atoms with Gasteiger partial charge in [0.2, 0.25) is 0 Å². The van der Waals surface area contributed by atoms with Crippen LogP contribution in [-0.4, -0.2) is 21.0 Å². The molecular formula is C9H9F3O3S. The zero-order chi connectivity index (χ0) is 12.6. The Morgan fingerprint density at radius 2 is 1.81 bits per heavy atom. The molecule has 0 heterocycles. The highest BCUT2D eigenvalue weighted by Crippen LogP contribution is 2.35. The molecule has 0 bridgehead atoms. The van der Waals surface area contributed by atoms with Crippen molar-refractivity contribution in [1.29, 1.82) is 0 Å². The fourth-order valence-electron chi connectivity index (χ4n) is 1.12. The normalized spacial score (nSPS) is 12.6. The van der Waals surface area contributed by atoms with Crippen LogP contribution in [0.1, 0.15) is 5.56 Å². The minimum atomic E-state index is -5.37. The molecule has 0 saturated heterocycles. The van der Waals surface area contributed by atoms with Crippen molar-refractivity contribution in [2.75, 3.05) is 7.11 Å².